The first-order valence-electron chi connectivity index (χ1n) is 4.80. The molecule has 0 aliphatic carbocycles. The van der Waals surface area contributed by atoms with Crippen molar-refractivity contribution in [3.63, 3.8) is 0 Å². The van der Waals surface area contributed by atoms with Crippen LogP contribution in [0, 0.1) is 13.8 Å². The van der Waals surface area contributed by atoms with Gasteiger partial charge < -0.3 is 0 Å². The molecule has 0 fully saturated rings. The van der Waals surface area contributed by atoms with E-state index < -0.39 is 0 Å². The number of nitrogens with one attached hydrogen (secondary N) is 1. The van der Waals surface area contributed by atoms with Gasteiger partial charge in [-0.25, -0.2) is 5.10 Å². The maximum absolute atomic E-state index is 11.0. The molecule has 0 aliphatic rings. The highest BCUT2D eigenvalue weighted by Crippen LogP contribution is 2.18. The van der Waals surface area contributed by atoms with Crippen molar-refractivity contribution in [3.05, 3.63) is 51.8 Å². The highest BCUT2D eigenvalue weighted by molar-refractivity contribution is 5.62. The van der Waals surface area contributed by atoms with Gasteiger partial charge in [-0.1, -0.05) is 29.8 Å². The van der Waals surface area contributed by atoms with E-state index in [0.717, 1.165) is 16.8 Å². The molecule has 1 aromatic carbocycles. The third-order valence-electron chi connectivity index (χ3n) is 2.32. The number of hydrogen-bond donors (Lipinski definition) is 1. The Morgan fingerprint density at radius 1 is 1.13 bits per heavy atom. The second-order valence-corrected chi connectivity index (χ2v) is 3.63. The molecule has 0 unspecified atom stereocenters. The van der Waals surface area contributed by atoms with Gasteiger partial charge in [-0.15, -0.1) is 0 Å². The molecule has 1 aromatic heterocycles. The van der Waals surface area contributed by atoms with Crippen LogP contribution in [0.1, 0.15) is 11.1 Å². The third kappa shape index (κ3) is 1.96. The Kier molecular flexibility index (Phi) is 2.37. The highest BCUT2D eigenvalue weighted by atomic mass is 16.1. The normalized spacial score (nSPS) is 10.3. The standard InChI is InChI=1S/C12H12N2O/c1-8-3-5-10(6-4-8)12-9(2)7-11(15)13-14-12/h3-7H,1-2H3,(H,13,15). The highest BCUT2D eigenvalue weighted by Gasteiger charge is 2.03. The SMILES string of the molecule is Cc1ccc(-c2n[nH]c(=O)cc2C)cc1. The first-order valence-corrected chi connectivity index (χ1v) is 4.80. The molecular formula is C12H12N2O. The van der Waals surface area contributed by atoms with Crippen molar-refractivity contribution in [2.24, 2.45) is 0 Å². The van der Waals surface area contributed by atoms with Gasteiger partial charge in [0.2, 0.25) is 0 Å². The summed E-state index contributed by atoms with van der Waals surface area (Å²) in [4.78, 5) is 11.0. The summed E-state index contributed by atoms with van der Waals surface area (Å²) in [5.41, 5.74) is 3.79. The molecule has 0 radical (unpaired) electrons. The lowest BCUT2D eigenvalue weighted by Crippen LogP contribution is -2.08. The number of aromatic nitrogens is 2. The van der Waals surface area contributed by atoms with Crippen LogP contribution in [0.3, 0.4) is 0 Å². The average Bonchev–Trinajstić information content (AvgIpc) is 2.20. The molecule has 1 N–H and O–H groups in total. The Balaban J connectivity index is 2.54. The van der Waals surface area contributed by atoms with Crippen molar-refractivity contribution in [3.8, 4) is 11.3 Å². The second-order valence-electron chi connectivity index (χ2n) is 3.63. The Labute approximate surface area is 87.8 Å². The van der Waals surface area contributed by atoms with Crippen LogP contribution >= 0.6 is 0 Å². The molecule has 0 atom stereocenters. The molecular weight excluding hydrogens is 188 g/mol. The molecule has 15 heavy (non-hydrogen) atoms. The van der Waals surface area contributed by atoms with E-state index in [1.165, 1.54) is 5.56 Å². The first-order chi connectivity index (χ1) is 7.16. The zero-order chi connectivity index (χ0) is 10.8. The van der Waals surface area contributed by atoms with E-state index in [4.69, 9.17) is 0 Å². The Morgan fingerprint density at radius 2 is 1.80 bits per heavy atom. The van der Waals surface area contributed by atoms with E-state index in [-0.39, 0.29) is 5.56 Å². The summed E-state index contributed by atoms with van der Waals surface area (Å²) in [5.74, 6) is 0. The minimum atomic E-state index is -0.164. The van der Waals surface area contributed by atoms with Crippen LogP contribution in [-0.2, 0) is 0 Å². The zero-order valence-electron chi connectivity index (χ0n) is 8.74. The molecule has 2 rings (SSSR count). The lowest BCUT2D eigenvalue weighted by Gasteiger charge is -2.03. The number of benzene rings is 1. The van der Waals surface area contributed by atoms with Gasteiger partial charge in [0.05, 0.1) is 5.69 Å². The molecule has 3 nitrogen and oxygen atoms in total. The molecule has 3 heteroatoms. The van der Waals surface area contributed by atoms with Crippen LogP contribution in [0.5, 0.6) is 0 Å². The van der Waals surface area contributed by atoms with E-state index in [0.29, 0.717) is 0 Å². The number of hydrogen-bond acceptors (Lipinski definition) is 2. The van der Waals surface area contributed by atoms with E-state index in [9.17, 15) is 4.79 Å². The smallest absolute Gasteiger partial charge is 0.264 e. The summed E-state index contributed by atoms with van der Waals surface area (Å²) < 4.78 is 0. The Hall–Kier alpha value is -1.90. The quantitative estimate of drug-likeness (QED) is 0.765. The van der Waals surface area contributed by atoms with Gasteiger partial charge in [-0.2, -0.15) is 5.10 Å². The lowest BCUT2D eigenvalue weighted by atomic mass is 10.1. The summed E-state index contributed by atoms with van der Waals surface area (Å²) in [6, 6.07) is 9.62. The van der Waals surface area contributed by atoms with Crippen LogP contribution < -0.4 is 5.56 Å². The molecule has 0 saturated heterocycles. The van der Waals surface area contributed by atoms with Gasteiger partial charge in [0.25, 0.3) is 5.56 Å². The van der Waals surface area contributed by atoms with Gasteiger partial charge in [0.1, 0.15) is 0 Å². The number of H-pyrrole nitrogens is 1. The summed E-state index contributed by atoms with van der Waals surface area (Å²) >= 11 is 0. The van der Waals surface area contributed by atoms with E-state index >= 15 is 0 Å². The third-order valence-corrected chi connectivity index (χ3v) is 2.32. The van der Waals surface area contributed by atoms with Crippen LogP contribution in [0.25, 0.3) is 11.3 Å². The molecule has 76 valence electrons. The molecule has 0 saturated carbocycles. The summed E-state index contributed by atoms with van der Waals surface area (Å²) in [6.45, 7) is 3.92. The Bertz CT molecular complexity index is 526. The topological polar surface area (TPSA) is 45.8 Å². The molecule has 0 bridgehead atoms. The molecule has 0 spiro atoms. The minimum Gasteiger partial charge on any atom is -0.268 e. The zero-order valence-corrected chi connectivity index (χ0v) is 8.74. The van der Waals surface area contributed by atoms with E-state index in [2.05, 4.69) is 10.2 Å². The number of aryl methyl sites for hydroxylation is 2. The largest absolute Gasteiger partial charge is 0.268 e. The maximum atomic E-state index is 11.0. The molecule has 0 amide bonds. The number of nitrogens with zero attached hydrogens (tertiary/aromatic N) is 1. The van der Waals surface area contributed by atoms with Crippen molar-refractivity contribution >= 4 is 0 Å². The summed E-state index contributed by atoms with van der Waals surface area (Å²) in [7, 11) is 0. The molecule has 2 aromatic rings. The van der Waals surface area contributed by atoms with Gasteiger partial charge in [0, 0.05) is 11.6 Å². The number of aromatic amines is 1. The monoisotopic (exact) mass is 200 g/mol. The predicted octanol–water partition coefficient (Wildman–Crippen LogP) is 2.05. The van der Waals surface area contributed by atoms with Gasteiger partial charge in [-0.3, -0.25) is 4.79 Å². The average molecular weight is 200 g/mol. The van der Waals surface area contributed by atoms with E-state index in [1.54, 1.807) is 6.07 Å². The van der Waals surface area contributed by atoms with Gasteiger partial charge in [-0.05, 0) is 19.4 Å². The molecule has 0 aliphatic heterocycles. The fourth-order valence-corrected chi connectivity index (χ4v) is 1.50. The van der Waals surface area contributed by atoms with Crippen molar-refractivity contribution < 1.29 is 0 Å². The summed E-state index contributed by atoms with van der Waals surface area (Å²) in [6.07, 6.45) is 0. The van der Waals surface area contributed by atoms with E-state index in [1.807, 2.05) is 38.1 Å². The van der Waals surface area contributed by atoms with Crippen molar-refractivity contribution in [1.82, 2.24) is 10.2 Å². The fraction of sp³-hybridized carbons (Fsp3) is 0.167. The molecule has 1 heterocycles. The minimum absolute atomic E-state index is 0.164. The lowest BCUT2D eigenvalue weighted by molar-refractivity contribution is 0.981. The van der Waals surface area contributed by atoms with Crippen LogP contribution in [0.2, 0.25) is 0 Å². The van der Waals surface area contributed by atoms with Crippen LogP contribution in [0.4, 0.5) is 0 Å². The maximum Gasteiger partial charge on any atom is 0.264 e. The van der Waals surface area contributed by atoms with Crippen LogP contribution in [0.15, 0.2) is 35.1 Å². The fourth-order valence-electron chi connectivity index (χ4n) is 1.50. The first kappa shape index (κ1) is 9.65. The van der Waals surface area contributed by atoms with Crippen molar-refractivity contribution in [1.29, 1.82) is 0 Å². The van der Waals surface area contributed by atoms with Gasteiger partial charge >= 0.3 is 0 Å². The number of rotatable bonds is 1. The second kappa shape index (κ2) is 3.69. The van der Waals surface area contributed by atoms with Crippen molar-refractivity contribution in [2.45, 2.75) is 13.8 Å². The summed E-state index contributed by atoms with van der Waals surface area (Å²) in [5, 5.41) is 6.49. The predicted molar refractivity (Wildman–Crippen MR) is 59.8 cm³/mol. The van der Waals surface area contributed by atoms with Gasteiger partial charge in [0.15, 0.2) is 0 Å². The Morgan fingerprint density at radius 3 is 2.40 bits per heavy atom. The van der Waals surface area contributed by atoms with Crippen molar-refractivity contribution in [2.75, 3.05) is 0 Å². The van der Waals surface area contributed by atoms with Crippen LogP contribution in [-0.4, -0.2) is 10.2 Å².